The van der Waals surface area contributed by atoms with Crippen LogP contribution >= 0.6 is 0 Å². The van der Waals surface area contributed by atoms with Crippen molar-refractivity contribution in [1.29, 1.82) is 0 Å². The number of rotatable bonds is 5. The Bertz CT molecular complexity index is 986. The second-order valence-electron chi connectivity index (χ2n) is 8.45. The summed E-state index contributed by atoms with van der Waals surface area (Å²) < 4.78 is 0. The number of amides is 3. The first-order chi connectivity index (χ1) is 15.5. The van der Waals surface area contributed by atoms with Crippen molar-refractivity contribution < 1.29 is 14.4 Å². The fourth-order valence-corrected chi connectivity index (χ4v) is 4.34. The fraction of sp³-hybridized carbons (Fsp3) is 0.417. The van der Waals surface area contributed by atoms with Gasteiger partial charge >= 0.3 is 11.8 Å². The van der Waals surface area contributed by atoms with Gasteiger partial charge in [0.15, 0.2) is 0 Å². The third kappa shape index (κ3) is 5.07. The fourth-order valence-electron chi connectivity index (χ4n) is 4.34. The highest BCUT2D eigenvalue weighted by Crippen LogP contribution is 2.28. The number of pyridine rings is 1. The molecule has 0 unspecified atom stereocenters. The Balaban J connectivity index is 1.26. The number of hydrogen-bond donors (Lipinski definition) is 2. The molecule has 2 N–H and O–H groups in total. The molecule has 2 saturated heterocycles. The predicted octanol–water partition coefficient (Wildman–Crippen LogP) is 2.49. The average Bonchev–Trinajstić information content (AvgIpc) is 3.25. The predicted molar refractivity (Wildman–Crippen MR) is 124 cm³/mol. The third-order valence-corrected chi connectivity index (χ3v) is 6.23. The Morgan fingerprint density at radius 2 is 1.81 bits per heavy atom. The maximum absolute atomic E-state index is 12.4. The lowest BCUT2D eigenvalue weighted by Crippen LogP contribution is -2.41. The van der Waals surface area contributed by atoms with E-state index in [9.17, 15) is 14.4 Å². The van der Waals surface area contributed by atoms with E-state index in [2.05, 4.69) is 20.5 Å². The van der Waals surface area contributed by atoms with Crippen molar-refractivity contribution in [1.82, 2.24) is 10.3 Å². The van der Waals surface area contributed by atoms with Crippen molar-refractivity contribution >= 4 is 34.8 Å². The number of aromatic nitrogens is 1. The Kier molecular flexibility index (Phi) is 6.68. The summed E-state index contributed by atoms with van der Waals surface area (Å²) in [6.07, 6.45) is 6.87. The Labute approximate surface area is 188 Å². The van der Waals surface area contributed by atoms with E-state index < -0.39 is 11.8 Å². The standard InChI is InChI=1S/C24H29N5O3/c1-17-4-5-19(15-21(17)29-12-2-3-22(29)30)27-24(32)23(31)26-16-18-8-13-28(14-9-18)20-6-10-25-11-7-20/h4-7,10-11,15,18H,2-3,8-9,12-14,16H2,1H3,(H,26,31)(H,27,32). The molecular weight excluding hydrogens is 406 g/mol. The highest BCUT2D eigenvalue weighted by atomic mass is 16.2. The van der Waals surface area contributed by atoms with E-state index in [0.717, 1.165) is 49.3 Å². The largest absolute Gasteiger partial charge is 0.371 e. The quantitative estimate of drug-likeness (QED) is 0.704. The number of aryl methyl sites for hydroxylation is 1. The van der Waals surface area contributed by atoms with Crippen molar-refractivity contribution in [2.75, 3.05) is 41.3 Å². The van der Waals surface area contributed by atoms with Crippen LogP contribution < -0.4 is 20.4 Å². The summed E-state index contributed by atoms with van der Waals surface area (Å²) >= 11 is 0. The molecule has 2 aromatic rings. The van der Waals surface area contributed by atoms with E-state index in [1.54, 1.807) is 29.4 Å². The Morgan fingerprint density at radius 3 is 2.50 bits per heavy atom. The number of carbonyl (C=O) groups excluding carboxylic acids is 3. The van der Waals surface area contributed by atoms with Crippen LogP contribution in [-0.2, 0) is 14.4 Å². The van der Waals surface area contributed by atoms with Gasteiger partial charge in [-0.3, -0.25) is 19.4 Å². The highest BCUT2D eigenvalue weighted by molar-refractivity contribution is 6.39. The zero-order valence-electron chi connectivity index (χ0n) is 18.3. The number of benzene rings is 1. The number of piperidine rings is 1. The summed E-state index contributed by atoms with van der Waals surface area (Å²) in [7, 11) is 0. The van der Waals surface area contributed by atoms with Crippen molar-refractivity contribution in [2.45, 2.75) is 32.6 Å². The van der Waals surface area contributed by atoms with E-state index >= 15 is 0 Å². The minimum absolute atomic E-state index is 0.0873. The van der Waals surface area contributed by atoms with Crippen LogP contribution in [0, 0.1) is 12.8 Å². The van der Waals surface area contributed by atoms with Gasteiger partial charge in [-0.15, -0.1) is 0 Å². The highest BCUT2D eigenvalue weighted by Gasteiger charge is 2.24. The van der Waals surface area contributed by atoms with Crippen molar-refractivity contribution in [3.8, 4) is 0 Å². The van der Waals surface area contributed by atoms with Crippen LogP contribution in [0.5, 0.6) is 0 Å². The summed E-state index contributed by atoms with van der Waals surface area (Å²) in [6.45, 7) is 4.92. The summed E-state index contributed by atoms with van der Waals surface area (Å²) in [6, 6.07) is 9.37. The molecule has 32 heavy (non-hydrogen) atoms. The third-order valence-electron chi connectivity index (χ3n) is 6.23. The van der Waals surface area contributed by atoms with Gasteiger partial charge in [-0.1, -0.05) is 6.07 Å². The average molecular weight is 436 g/mol. The summed E-state index contributed by atoms with van der Waals surface area (Å²) in [5.41, 5.74) is 3.42. The molecule has 0 radical (unpaired) electrons. The molecule has 4 rings (SSSR count). The minimum Gasteiger partial charge on any atom is -0.371 e. The molecule has 1 aromatic carbocycles. The first kappa shape index (κ1) is 21.8. The van der Waals surface area contributed by atoms with E-state index in [1.807, 2.05) is 25.1 Å². The lowest BCUT2D eigenvalue weighted by Gasteiger charge is -2.33. The molecule has 3 heterocycles. The van der Waals surface area contributed by atoms with Crippen LogP contribution in [0.4, 0.5) is 17.1 Å². The lowest BCUT2D eigenvalue weighted by molar-refractivity contribution is -0.136. The monoisotopic (exact) mass is 435 g/mol. The normalized spacial score (nSPS) is 16.8. The molecule has 0 atom stereocenters. The molecule has 2 fully saturated rings. The minimum atomic E-state index is -0.693. The topological polar surface area (TPSA) is 94.6 Å². The molecule has 8 heteroatoms. The van der Waals surface area contributed by atoms with Crippen LogP contribution in [0.2, 0.25) is 0 Å². The maximum atomic E-state index is 12.4. The number of nitrogens with one attached hydrogen (secondary N) is 2. The van der Waals surface area contributed by atoms with Crippen LogP contribution in [-0.4, -0.2) is 48.9 Å². The molecular formula is C24H29N5O3. The number of carbonyl (C=O) groups is 3. The maximum Gasteiger partial charge on any atom is 0.313 e. The van der Waals surface area contributed by atoms with Gasteiger partial charge in [-0.2, -0.15) is 0 Å². The molecule has 168 valence electrons. The molecule has 0 aliphatic carbocycles. The SMILES string of the molecule is Cc1ccc(NC(=O)C(=O)NCC2CCN(c3ccncc3)CC2)cc1N1CCCC1=O. The second-order valence-corrected chi connectivity index (χ2v) is 8.45. The first-order valence-electron chi connectivity index (χ1n) is 11.2. The molecule has 2 aliphatic heterocycles. The summed E-state index contributed by atoms with van der Waals surface area (Å²) in [5, 5.41) is 5.43. The zero-order valence-corrected chi connectivity index (χ0v) is 18.3. The zero-order chi connectivity index (χ0) is 22.5. The van der Waals surface area contributed by atoms with Crippen molar-refractivity contribution in [2.24, 2.45) is 5.92 Å². The van der Waals surface area contributed by atoms with Crippen LogP contribution in [0.3, 0.4) is 0 Å². The van der Waals surface area contributed by atoms with Gasteiger partial charge in [0.25, 0.3) is 0 Å². The van der Waals surface area contributed by atoms with E-state index in [1.165, 1.54) is 0 Å². The van der Waals surface area contributed by atoms with Gasteiger partial charge in [0.05, 0.1) is 0 Å². The molecule has 0 spiro atoms. The van der Waals surface area contributed by atoms with Gasteiger partial charge in [0, 0.05) is 62.1 Å². The van der Waals surface area contributed by atoms with Gasteiger partial charge in [-0.25, -0.2) is 0 Å². The van der Waals surface area contributed by atoms with Gasteiger partial charge in [0.1, 0.15) is 0 Å². The Hall–Kier alpha value is -3.42. The molecule has 0 saturated carbocycles. The first-order valence-corrected chi connectivity index (χ1v) is 11.2. The molecule has 3 amide bonds. The van der Waals surface area contributed by atoms with E-state index in [4.69, 9.17) is 0 Å². The van der Waals surface area contributed by atoms with Gasteiger partial charge in [0.2, 0.25) is 5.91 Å². The van der Waals surface area contributed by atoms with Gasteiger partial charge < -0.3 is 20.4 Å². The van der Waals surface area contributed by atoms with Gasteiger partial charge in [-0.05, 0) is 61.9 Å². The molecule has 8 nitrogen and oxygen atoms in total. The van der Waals surface area contributed by atoms with Crippen molar-refractivity contribution in [3.63, 3.8) is 0 Å². The lowest BCUT2D eigenvalue weighted by atomic mass is 9.96. The molecule has 1 aromatic heterocycles. The Morgan fingerprint density at radius 1 is 1.06 bits per heavy atom. The van der Waals surface area contributed by atoms with Crippen LogP contribution in [0.15, 0.2) is 42.7 Å². The number of anilines is 3. The number of nitrogens with zero attached hydrogens (tertiary/aromatic N) is 3. The number of hydrogen-bond acceptors (Lipinski definition) is 5. The molecule has 2 aliphatic rings. The summed E-state index contributed by atoms with van der Waals surface area (Å²) in [5.74, 6) is -0.899. The van der Waals surface area contributed by atoms with Crippen LogP contribution in [0.25, 0.3) is 0 Å². The van der Waals surface area contributed by atoms with E-state index in [-0.39, 0.29) is 5.91 Å². The van der Waals surface area contributed by atoms with E-state index in [0.29, 0.717) is 31.1 Å². The van der Waals surface area contributed by atoms with Crippen LogP contribution in [0.1, 0.15) is 31.2 Å². The second kappa shape index (κ2) is 9.80. The molecule has 0 bridgehead atoms. The van der Waals surface area contributed by atoms with Crippen molar-refractivity contribution in [3.05, 3.63) is 48.3 Å². The summed E-state index contributed by atoms with van der Waals surface area (Å²) in [4.78, 5) is 44.9. The smallest absolute Gasteiger partial charge is 0.313 e.